The molecule has 3 N–H and O–H groups in total. The van der Waals surface area contributed by atoms with E-state index >= 15 is 0 Å². The van der Waals surface area contributed by atoms with Crippen LogP contribution < -0.4 is 15.8 Å². The first-order valence-corrected chi connectivity index (χ1v) is 14.0. The molecule has 0 aliphatic carbocycles. The highest BCUT2D eigenvalue weighted by molar-refractivity contribution is 5.89. The van der Waals surface area contributed by atoms with Gasteiger partial charge in [0.1, 0.15) is 12.4 Å². The standard InChI is InChI=1S/C30H36N4O7/c1-4-30(38)22-14-24-27-18(15-34(24)28(36)21(22)17-41-29(30)37)13-19-20(16-33(2)3)25(11-10-23(19)31-27)40-12-8-6-5-7-9-26(35)32-39/h10-11,13-14,38-39H,4-9,12,15-17H2,1-3H3,(H,32,35)/t30-/m0/s1. The molecule has 218 valence electrons. The number of carbonyl (C=O) groups is 2. The average Bonchev–Trinajstić information content (AvgIpc) is 3.32. The number of cyclic esters (lactones) is 1. The van der Waals surface area contributed by atoms with Crippen LogP contribution in [-0.2, 0) is 39.6 Å². The summed E-state index contributed by atoms with van der Waals surface area (Å²) >= 11 is 0. The minimum Gasteiger partial charge on any atom is -0.493 e. The minimum absolute atomic E-state index is 0.0945. The van der Waals surface area contributed by atoms with Crippen molar-refractivity contribution in [1.82, 2.24) is 19.9 Å². The maximum Gasteiger partial charge on any atom is 0.343 e. The fourth-order valence-electron chi connectivity index (χ4n) is 5.68. The third-order valence-corrected chi connectivity index (χ3v) is 7.91. The van der Waals surface area contributed by atoms with E-state index in [4.69, 9.17) is 19.7 Å². The first-order chi connectivity index (χ1) is 19.7. The van der Waals surface area contributed by atoms with E-state index in [1.54, 1.807) is 23.0 Å². The van der Waals surface area contributed by atoms with Crippen molar-refractivity contribution in [3.63, 3.8) is 0 Å². The summed E-state index contributed by atoms with van der Waals surface area (Å²) in [6.07, 6.45) is 3.72. The summed E-state index contributed by atoms with van der Waals surface area (Å²) in [6, 6.07) is 7.62. The molecule has 5 rings (SSSR count). The Balaban J connectivity index is 1.44. The third-order valence-electron chi connectivity index (χ3n) is 7.91. The third kappa shape index (κ3) is 5.32. The molecule has 11 nitrogen and oxygen atoms in total. The molecule has 41 heavy (non-hydrogen) atoms. The number of nitrogens with zero attached hydrogens (tertiary/aromatic N) is 3. The van der Waals surface area contributed by atoms with Gasteiger partial charge in [0.2, 0.25) is 5.91 Å². The van der Waals surface area contributed by atoms with Gasteiger partial charge in [-0.3, -0.25) is 14.8 Å². The quantitative estimate of drug-likeness (QED) is 0.108. The van der Waals surface area contributed by atoms with Gasteiger partial charge in [-0.15, -0.1) is 0 Å². The second-order valence-corrected chi connectivity index (χ2v) is 11.0. The Bertz CT molecular complexity index is 1560. The fraction of sp³-hybridized carbons (Fsp3) is 0.467. The van der Waals surface area contributed by atoms with Crippen LogP contribution in [-0.4, -0.2) is 57.3 Å². The molecule has 3 aromatic rings. The van der Waals surface area contributed by atoms with Gasteiger partial charge in [0.05, 0.1) is 35.6 Å². The van der Waals surface area contributed by atoms with E-state index in [2.05, 4.69) is 11.0 Å². The van der Waals surface area contributed by atoms with Crippen molar-refractivity contribution in [3.05, 3.63) is 56.9 Å². The number of rotatable bonds is 11. The molecule has 0 bridgehead atoms. The second-order valence-electron chi connectivity index (χ2n) is 11.0. The predicted molar refractivity (Wildman–Crippen MR) is 150 cm³/mol. The van der Waals surface area contributed by atoms with E-state index < -0.39 is 11.6 Å². The lowest BCUT2D eigenvalue weighted by molar-refractivity contribution is -0.172. The van der Waals surface area contributed by atoms with Crippen LogP contribution in [0.4, 0.5) is 0 Å². The van der Waals surface area contributed by atoms with Crippen LogP contribution in [0.15, 0.2) is 29.1 Å². The maximum absolute atomic E-state index is 13.5. The molecule has 2 aliphatic rings. The van der Waals surface area contributed by atoms with Gasteiger partial charge in [0.15, 0.2) is 5.60 Å². The number of carbonyl (C=O) groups excluding carboxylic acids is 2. The van der Waals surface area contributed by atoms with Gasteiger partial charge in [-0.05, 0) is 57.6 Å². The zero-order valence-electron chi connectivity index (χ0n) is 23.7. The molecule has 2 aromatic heterocycles. The van der Waals surface area contributed by atoms with Crippen LogP contribution in [0.2, 0.25) is 0 Å². The lowest BCUT2D eigenvalue weighted by Crippen LogP contribution is -2.44. The molecule has 0 saturated carbocycles. The molecule has 1 atom stereocenters. The van der Waals surface area contributed by atoms with Crippen molar-refractivity contribution in [2.24, 2.45) is 0 Å². The van der Waals surface area contributed by atoms with E-state index in [1.165, 1.54) is 0 Å². The van der Waals surface area contributed by atoms with Crippen molar-refractivity contribution >= 4 is 22.8 Å². The van der Waals surface area contributed by atoms with Gasteiger partial charge < -0.3 is 24.0 Å². The number of ether oxygens (including phenoxy) is 2. The molecule has 4 heterocycles. The lowest BCUT2D eigenvalue weighted by Gasteiger charge is -2.31. The summed E-state index contributed by atoms with van der Waals surface area (Å²) in [6.45, 7) is 3.02. The Morgan fingerprint density at radius 3 is 2.71 bits per heavy atom. The molecule has 2 aliphatic heterocycles. The van der Waals surface area contributed by atoms with Gasteiger partial charge in [-0.1, -0.05) is 19.8 Å². The number of aliphatic hydroxyl groups is 1. The Hall–Kier alpha value is -3.80. The second kappa shape index (κ2) is 11.6. The maximum atomic E-state index is 13.5. The number of esters is 1. The summed E-state index contributed by atoms with van der Waals surface area (Å²) in [7, 11) is 3.98. The first-order valence-electron chi connectivity index (χ1n) is 14.0. The van der Waals surface area contributed by atoms with E-state index in [1.807, 2.05) is 26.2 Å². The molecule has 0 radical (unpaired) electrons. The van der Waals surface area contributed by atoms with Crippen LogP contribution in [0.3, 0.4) is 0 Å². The summed E-state index contributed by atoms with van der Waals surface area (Å²) in [5.74, 6) is -0.332. The van der Waals surface area contributed by atoms with Crippen molar-refractivity contribution in [3.8, 4) is 17.1 Å². The molecule has 0 fully saturated rings. The number of fused-ring (bicyclic) bond motifs is 5. The predicted octanol–water partition coefficient (Wildman–Crippen LogP) is 2.98. The number of hydroxylamine groups is 1. The summed E-state index contributed by atoms with van der Waals surface area (Å²) in [5.41, 5.74) is 4.00. The molecule has 1 amide bonds. The summed E-state index contributed by atoms with van der Waals surface area (Å²) in [5, 5.41) is 20.6. The summed E-state index contributed by atoms with van der Waals surface area (Å²) < 4.78 is 13.0. The van der Waals surface area contributed by atoms with Crippen molar-refractivity contribution in [2.45, 2.75) is 70.7 Å². The number of hydrogen-bond acceptors (Lipinski definition) is 9. The molecule has 11 heteroatoms. The van der Waals surface area contributed by atoms with E-state index in [9.17, 15) is 19.5 Å². The number of hydrogen-bond donors (Lipinski definition) is 3. The Morgan fingerprint density at radius 1 is 1.20 bits per heavy atom. The number of benzene rings is 1. The van der Waals surface area contributed by atoms with Crippen LogP contribution >= 0.6 is 0 Å². The Morgan fingerprint density at radius 2 is 1.98 bits per heavy atom. The molecule has 0 unspecified atom stereocenters. The van der Waals surface area contributed by atoms with E-state index in [0.717, 1.165) is 47.0 Å². The van der Waals surface area contributed by atoms with Crippen molar-refractivity contribution < 1.29 is 29.4 Å². The topological polar surface area (TPSA) is 143 Å². The highest BCUT2D eigenvalue weighted by Crippen LogP contribution is 2.40. The average molecular weight is 565 g/mol. The highest BCUT2D eigenvalue weighted by Gasteiger charge is 2.45. The monoisotopic (exact) mass is 564 g/mol. The minimum atomic E-state index is -1.86. The number of unbranched alkanes of at least 4 members (excludes halogenated alkanes) is 3. The zero-order chi connectivity index (χ0) is 29.3. The number of pyridine rings is 2. The van der Waals surface area contributed by atoms with Gasteiger partial charge in [-0.25, -0.2) is 15.3 Å². The number of aromatic nitrogens is 2. The van der Waals surface area contributed by atoms with Crippen molar-refractivity contribution in [2.75, 3.05) is 20.7 Å². The smallest absolute Gasteiger partial charge is 0.343 e. The molecule has 0 spiro atoms. The van der Waals surface area contributed by atoms with Crippen LogP contribution in [0.5, 0.6) is 5.75 Å². The van der Waals surface area contributed by atoms with Crippen LogP contribution in [0.1, 0.15) is 67.7 Å². The number of amides is 1. The fourth-order valence-corrected chi connectivity index (χ4v) is 5.68. The number of nitrogens with one attached hydrogen (secondary N) is 1. The molecular weight excluding hydrogens is 528 g/mol. The Labute approximate surface area is 237 Å². The van der Waals surface area contributed by atoms with E-state index in [0.29, 0.717) is 55.1 Å². The van der Waals surface area contributed by atoms with Gasteiger partial charge in [0, 0.05) is 35.0 Å². The van der Waals surface area contributed by atoms with Crippen molar-refractivity contribution in [1.29, 1.82) is 0 Å². The SMILES string of the molecule is CC[C@@]1(O)C(=O)OCc2c1cc1n(c2=O)Cc2cc3c(CN(C)C)c(OCCCCCCC(=O)NO)ccc3nc2-1. The normalized spacial score (nSPS) is 17.3. The zero-order valence-corrected chi connectivity index (χ0v) is 23.7. The van der Waals surface area contributed by atoms with Crippen LogP contribution in [0.25, 0.3) is 22.3 Å². The highest BCUT2D eigenvalue weighted by atomic mass is 16.6. The molecule has 1 aromatic carbocycles. The first kappa shape index (κ1) is 28.7. The summed E-state index contributed by atoms with van der Waals surface area (Å²) in [4.78, 5) is 44.1. The Kier molecular flexibility index (Phi) is 8.12. The molecular formula is C30H36N4O7. The van der Waals surface area contributed by atoms with E-state index in [-0.39, 0.29) is 24.5 Å². The van der Waals surface area contributed by atoms with Gasteiger partial charge in [0.25, 0.3) is 5.56 Å². The largest absolute Gasteiger partial charge is 0.493 e. The van der Waals surface area contributed by atoms with Gasteiger partial charge >= 0.3 is 5.97 Å². The van der Waals surface area contributed by atoms with Gasteiger partial charge in [-0.2, -0.15) is 0 Å². The van der Waals surface area contributed by atoms with Crippen LogP contribution in [0, 0.1) is 0 Å². The molecule has 0 saturated heterocycles. The lowest BCUT2D eigenvalue weighted by atomic mass is 9.86.